The molecule has 0 bridgehead atoms. The molecule has 0 unspecified atom stereocenters. The van der Waals surface area contributed by atoms with E-state index in [2.05, 4.69) is 32.4 Å². The first-order valence-electron chi connectivity index (χ1n) is 12.8. The van der Waals surface area contributed by atoms with Gasteiger partial charge in [0.25, 0.3) is 0 Å². The van der Waals surface area contributed by atoms with Crippen molar-refractivity contribution in [3.05, 3.63) is 48.0 Å². The smallest absolute Gasteiger partial charge is 0.335 e. The van der Waals surface area contributed by atoms with Gasteiger partial charge in [0.05, 0.1) is 6.33 Å². The van der Waals surface area contributed by atoms with Gasteiger partial charge in [0.2, 0.25) is 0 Å². The second kappa shape index (κ2) is 8.50. The third-order valence-electron chi connectivity index (χ3n) is 8.09. The number of aromatic nitrogens is 4. The summed E-state index contributed by atoms with van der Waals surface area (Å²) in [5, 5.41) is 13.4. The van der Waals surface area contributed by atoms with Crippen molar-refractivity contribution < 1.29 is 24.1 Å². The second-order valence-electron chi connectivity index (χ2n) is 10.4. The number of rotatable bonds is 5. The van der Waals surface area contributed by atoms with Gasteiger partial charge < -0.3 is 24.6 Å². The van der Waals surface area contributed by atoms with Crippen LogP contribution in [0.3, 0.4) is 0 Å². The summed E-state index contributed by atoms with van der Waals surface area (Å²) in [7, 11) is 0. The molecular formula is C26H29N5O5. The van der Waals surface area contributed by atoms with Crippen LogP contribution in [0.15, 0.2) is 36.9 Å². The minimum atomic E-state index is -1.15. The average Bonchev–Trinajstić information content (AvgIpc) is 3.64. The molecule has 36 heavy (non-hydrogen) atoms. The fourth-order valence-electron chi connectivity index (χ4n) is 6.35. The summed E-state index contributed by atoms with van der Waals surface area (Å²) in [6, 6.07) is 8.12. The van der Waals surface area contributed by atoms with Gasteiger partial charge in [0.15, 0.2) is 35.1 Å². The number of aliphatic carboxylic acids is 1. The first kappa shape index (κ1) is 22.1. The van der Waals surface area contributed by atoms with Gasteiger partial charge >= 0.3 is 5.97 Å². The molecular weight excluding hydrogens is 462 g/mol. The second-order valence-corrected chi connectivity index (χ2v) is 10.4. The van der Waals surface area contributed by atoms with Crippen LogP contribution in [0.4, 0.5) is 5.82 Å². The predicted molar refractivity (Wildman–Crippen MR) is 128 cm³/mol. The Morgan fingerprint density at radius 1 is 1.06 bits per heavy atom. The Morgan fingerprint density at radius 3 is 2.56 bits per heavy atom. The van der Waals surface area contributed by atoms with Crippen molar-refractivity contribution in [1.82, 2.24) is 19.5 Å². The Hall–Kier alpha value is -3.08. The number of carboxylic acid groups (broad SMARTS) is 1. The molecule has 2 saturated heterocycles. The molecule has 3 aromatic rings. The molecule has 1 aromatic carbocycles. The summed E-state index contributed by atoms with van der Waals surface area (Å²) in [5.74, 6) is -0.637. The molecule has 7 rings (SSSR count). The van der Waals surface area contributed by atoms with Crippen LogP contribution >= 0.6 is 0 Å². The lowest BCUT2D eigenvalue weighted by Crippen LogP contribution is -2.38. The normalized spacial score (nSPS) is 29.0. The maximum absolute atomic E-state index is 12.1. The highest BCUT2D eigenvalue weighted by molar-refractivity contribution is 5.82. The molecule has 2 N–H and O–H groups in total. The van der Waals surface area contributed by atoms with Crippen LogP contribution in [0.5, 0.6) is 0 Å². The minimum absolute atomic E-state index is 0.574. The van der Waals surface area contributed by atoms with Gasteiger partial charge in [-0.15, -0.1) is 0 Å². The van der Waals surface area contributed by atoms with Crippen LogP contribution in [-0.2, 0) is 31.8 Å². The molecule has 0 amide bonds. The first-order valence-corrected chi connectivity index (χ1v) is 12.8. The number of carbonyl (C=O) groups is 1. The quantitative estimate of drug-likeness (QED) is 0.555. The highest BCUT2D eigenvalue weighted by atomic mass is 16.8. The monoisotopic (exact) mass is 491 g/mol. The molecule has 3 fully saturated rings. The predicted octanol–water partition coefficient (Wildman–Crippen LogP) is 3.08. The third kappa shape index (κ3) is 3.58. The summed E-state index contributed by atoms with van der Waals surface area (Å²) in [4.78, 5) is 25.6. The summed E-state index contributed by atoms with van der Waals surface area (Å²) < 4.78 is 20.6. The van der Waals surface area contributed by atoms with Gasteiger partial charge in [-0.1, -0.05) is 43.5 Å². The van der Waals surface area contributed by atoms with Crippen molar-refractivity contribution in [2.24, 2.45) is 5.92 Å². The van der Waals surface area contributed by atoms with Crippen LogP contribution in [0.1, 0.15) is 49.5 Å². The van der Waals surface area contributed by atoms with Gasteiger partial charge in [-0.05, 0) is 29.9 Å². The Morgan fingerprint density at radius 2 is 1.81 bits per heavy atom. The Kier molecular flexibility index (Phi) is 5.23. The lowest BCUT2D eigenvalue weighted by molar-refractivity contribution is -0.214. The number of fused-ring (bicyclic) bond motifs is 3. The Bertz CT molecular complexity index is 1280. The van der Waals surface area contributed by atoms with Gasteiger partial charge in [-0.3, -0.25) is 4.57 Å². The van der Waals surface area contributed by atoms with Crippen LogP contribution in [-0.4, -0.2) is 61.2 Å². The van der Waals surface area contributed by atoms with Crippen LogP contribution in [0, 0.1) is 5.92 Å². The van der Waals surface area contributed by atoms with Gasteiger partial charge in [0.1, 0.15) is 18.5 Å². The molecule has 2 aliphatic heterocycles. The minimum Gasteiger partial charge on any atom is -0.479 e. The molecule has 4 aliphatic rings. The fourth-order valence-corrected chi connectivity index (χ4v) is 6.35. The molecule has 4 heterocycles. The number of nitrogens with zero attached hydrogens (tertiary/aromatic N) is 4. The van der Waals surface area contributed by atoms with E-state index in [-0.39, 0.29) is 0 Å². The van der Waals surface area contributed by atoms with Crippen molar-refractivity contribution in [1.29, 1.82) is 0 Å². The molecule has 188 valence electrons. The van der Waals surface area contributed by atoms with Crippen molar-refractivity contribution in [2.45, 2.75) is 75.3 Å². The number of anilines is 1. The number of hydrogen-bond acceptors (Lipinski definition) is 8. The zero-order valence-corrected chi connectivity index (χ0v) is 19.9. The number of benzene rings is 1. The maximum atomic E-state index is 12.1. The highest BCUT2D eigenvalue weighted by Crippen LogP contribution is 2.49. The lowest BCUT2D eigenvalue weighted by Gasteiger charge is -2.26. The van der Waals surface area contributed by atoms with Crippen molar-refractivity contribution in [3.63, 3.8) is 0 Å². The van der Waals surface area contributed by atoms with Crippen molar-refractivity contribution in [2.75, 3.05) is 11.9 Å². The zero-order valence-electron chi connectivity index (χ0n) is 19.9. The van der Waals surface area contributed by atoms with Gasteiger partial charge in [-0.25, -0.2) is 19.7 Å². The van der Waals surface area contributed by atoms with E-state index in [1.54, 1.807) is 10.9 Å². The lowest BCUT2D eigenvalue weighted by atomic mass is 9.89. The molecule has 2 aliphatic carbocycles. The van der Waals surface area contributed by atoms with Crippen molar-refractivity contribution >= 4 is 23.0 Å². The fraction of sp³-hybridized carbons (Fsp3) is 0.538. The SMILES string of the molecule is O=C(O)[C@H]1O[C@@H](n2cnc3c(NCC4CCCCC4)ncnc32)[C@@H]2OC3(Cc4ccccc4C3)O[C@@H]21. The van der Waals surface area contributed by atoms with E-state index in [1.165, 1.54) is 38.4 Å². The van der Waals surface area contributed by atoms with E-state index in [0.29, 0.717) is 35.7 Å². The first-order chi connectivity index (χ1) is 17.6. The molecule has 0 radical (unpaired) electrons. The number of ether oxygens (including phenoxy) is 3. The number of carboxylic acids is 1. The van der Waals surface area contributed by atoms with Crippen LogP contribution in [0.2, 0.25) is 0 Å². The summed E-state index contributed by atoms with van der Waals surface area (Å²) in [6.07, 6.45) is 7.42. The van der Waals surface area contributed by atoms with E-state index >= 15 is 0 Å². The maximum Gasteiger partial charge on any atom is 0.335 e. The largest absolute Gasteiger partial charge is 0.479 e. The molecule has 1 spiro atoms. The third-order valence-corrected chi connectivity index (χ3v) is 8.09. The summed E-state index contributed by atoms with van der Waals surface area (Å²) >= 11 is 0. The van der Waals surface area contributed by atoms with Crippen LogP contribution < -0.4 is 5.32 Å². The van der Waals surface area contributed by atoms with Crippen molar-refractivity contribution in [3.8, 4) is 0 Å². The average molecular weight is 492 g/mol. The Balaban J connectivity index is 1.17. The number of hydrogen-bond donors (Lipinski definition) is 2. The van der Waals surface area contributed by atoms with Gasteiger partial charge in [0, 0.05) is 19.4 Å². The van der Waals surface area contributed by atoms with E-state index in [9.17, 15) is 9.90 Å². The standard InChI is InChI=1S/C26H29N5O5/c32-25(33)21-19-20(36-26(35-19)10-16-8-4-5-9-17(16)11-26)24(34-21)31-14-30-18-22(28-13-29-23(18)31)27-12-15-6-2-1-3-7-15/h4-5,8-9,13-15,19-21,24H,1-3,6-7,10-12H2,(H,32,33)(H,27,28,29)/t19-,20+,21-,24+/m0/s1. The zero-order chi connectivity index (χ0) is 24.3. The van der Waals surface area contributed by atoms with E-state index in [4.69, 9.17) is 14.2 Å². The highest BCUT2D eigenvalue weighted by Gasteiger charge is 2.62. The Labute approximate surface area is 208 Å². The molecule has 1 saturated carbocycles. The molecule has 10 nitrogen and oxygen atoms in total. The topological polar surface area (TPSA) is 121 Å². The molecule has 4 atom stereocenters. The van der Waals surface area contributed by atoms with Gasteiger partial charge in [-0.2, -0.15) is 0 Å². The number of nitrogens with one attached hydrogen (secondary N) is 1. The molecule has 2 aromatic heterocycles. The molecule has 10 heteroatoms. The number of imidazole rings is 1. The van der Waals surface area contributed by atoms with E-state index < -0.39 is 36.3 Å². The summed E-state index contributed by atoms with van der Waals surface area (Å²) in [6.45, 7) is 0.852. The van der Waals surface area contributed by atoms with E-state index in [1.807, 2.05) is 12.1 Å². The van der Waals surface area contributed by atoms with Crippen LogP contribution in [0.25, 0.3) is 11.2 Å². The van der Waals surface area contributed by atoms with E-state index in [0.717, 1.165) is 17.7 Å². The summed E-state index contributed by atoms with van der Waals surface area (Å²) in [5.41, 5.74) is 3.53.